The molecule has 2 aliphatic rings. The topological polar surface area (TPSA) is 49.9 Å². The van der Waals surface area contributed by atoms with E-state index in [4.69, 9.17) is 4.74 Å². The Balaban J connectivity index is 1.44. The molecule has 1 aromatic carbocycles. The fourth-order valence-electron chi connectivity index (χ4n) is 3.63. The Morgan fingerprint density at radius 1 is 1.12 bits per heavy atom. The molecule has 0 radical (unpaired) electrons. The number of aryl methyl sites for hydroxylation is 1. The Kier molecular flexibility index (Phi) is 4.48. The Labute approximate surface area is 151 Å². The number of amides is 2. The van der Waals surface area contributed by atoms with Crippen LogP contribution in [0.5, 0.6) is 0 Å². The van der Waals surface area contributed by atoms with Crippen molar-refractivity contribution in [3.8, 4) is 0 Å². The van der Waals surface area contributed by atoms with Crippen LogP contribution in [-0.4, -0.2) is 60.5 Å². The quantitative estimate of drug-likeness (QED) is 0.829. The van der Waals surface area contributed by atoms with Gasteiger partial charge in [0.1, 0.15) is 6.10 Å². The van der Waals surface area contributed by atoms with E-state index in [2.05, 4.69) is 12.1 Å². The van der Waals surface area contributed by atoms with Crippen LogP contribution in [0.1, 0.15) is 28.1 Å². The second kappa shape index (κ2) is 6.77. The summed E-state index contributed by atoms with van der Waals surface area (Å²) >= 11 is 1.56. The van der Waals surface area contributed by atoms with Crippen molar-refractivity contribution in [2.24, 2.45) is 0 Å². The summed E-state index contributed by atoms with van der Waals surface area (Å²) in [5.41, 5.74) is 1.06. The Hall–Kier alpha value is -1.92. The Morgan fingerprint density at radius 2 is 1.84 bits per heavy atom. The van der Waals surface area contributed by atoms with E-state index in [0.717, 1.165) is 33.4 Å². The van der Waals surface area contributed by atoms with Crippen molar-refractivity contribution in [3.05, 3.63) is 34.7 Å². The summed E-state index contributed by atoms with van der Waals surface area (Å²) in [7, 11) is 0. The van der Waals surface area contributed by atoms with Crippen molar-refractivity contribution in [2.45, 2.75) is 25.9 Å². The predicted octanol–water partition coefficient (Wildman–Crippen LogP) is 2.67. The molecule has 0 saturated carbocycles. The minimum atomic E-state index is -0.271. The number of fused-ring (bicyclic) bond motifs is 1. The van der Waals surface area contributed by atoms with E-state index < -0.39 is 0 Å². The maximum Gasteiger partial charge on any atom is 0.264 e. The summed E-state index contributed by atoms with van der Waals surface area (Å²) < 4.78 is 6.64. The second-order valence-electron chi connectivity index (χ2n) is 6.67. The largest absolute Gasteiger partial charge is 0.368 e. The molecule has 0 bridgehead atoms. The summed E-state index contributed by atoms with van der Waals surface area (Å²) in [4.78, 5) is 29.9. The first kappa shape index (κ1) is 16.5. The zero-order chi connectivity index (χ0) is 17.4. The van der Waals surface area contributed by atoms with Crippen molar-refractivity contribution in [2.75, 3.05) is 32.8 Å². The molecule has 0 N–H and O–H groups in total. The summed E-state index contributed by atoms with van der Waals surface area (Å²) in [5.74, 6) is 0.172. The second-order valence-corrected chi connectivity index (χ2v) is 7.72. The number of benzene rings is 1. The molecule has 2 aromatic rings. The van der Waals surface area contributed by atoms with Crippen molar-refractivity contribution in [3.63, 3.8) is 0 Å². The number of piperazine rings is 1. The van der Waals surface area contributed by atoms with E-state index in [1.165, 1.54) is 0 Å². The van der Waals surface area contributed by atoms with E-state index >= 15 is 0 Å². The summed E-state index contributed by atoms with van der Waals surface area (Å²) in [6, 6.07) is 8.13. The van der Waals surface area contributed by atoms with Crippen molar-refractivity contribution in [1.82, 2.24) is 9.80 Å². The molecular formula is C19H22N2O3S. The summed E-state index contributed by atoms with van der Waals surface area (Å²) in [6.07, 6.45) is 1.51. The Morgan fingerprint density at radius 3 is 2.52 bits per heavy atom. The highest BCUT2D eigenvalue weighted by Gasteiger charge is 2.32. The highest BCUT2D eigenvalue weighted by molar-refractivity contribution is 7.21. The van der Waals surface area contributed by atoms with Crippen molar-refractivity contribution in [1.29, 1.82) is 0 Å². The highest BCUT2D eigenvalue weighted by Crippen LogP contribution is 2.31. The number of hydrogen-bond acceptors (Lipinski definition) is 4. The van der Waals surface area contributed by atoms with Gasteiger partial charge in [-0.15, -0.1) is 11.3 Å². The molecule has 2 saturated heterocycles. The van der Waals surface area contributed by atoms with Gasteiger partial charge in [-0.25, -0.2) is 0 Å². The minimum Gasteiger partial charge on any atom is -0.368 e. The molecule has 0 aliphatic carbocycles. The molecule has 3 heterocycles. The van der Waals surface area contributed by atoms with Gasteiger partial charge in [0.15, 0.2) is 0 Å². The minimum absolute atomic E-state index is 0.0858. The average molecular weight is 358 g/mol. The molecule has 1 atom stereocenters. The van der Waals surface area contributed by atoms with Gasteiger partial charge in [-0.05, 0) is 36.8 Å². The average Bonchev–Trinajstić information content (AvgIpc) is 3.30. The van der Waals surface area contributed by atoms with E-state index in [1.54, 1.807) is 11.3 Å². The Bertz CT molecular complexity index is 802. The SMILES string of the molecule is Cc1c(C(=O)N2CCN(C(=O)[C@H]3CCCO3)CC2)sc2ccccc12. The van der Waals surface area contributed by atoms with Crippen LogP contribution in [0.4, 0.5) is 0 Å². The van der Waals surface area contributed by atoms with Gasteiger partial charge in [0.2, 0.25) is 0 Å². The molecule has 0 spiro atoms. The van der Waals surface area contributed by atoms with E-state index in [-0.39, 0.29) is 17.9 Å². The van der Waals surface area contributed by atoms with Crippen LogP contribution in [-0.2, 0) is 9.53 Å². The van der Waals surface area contributed by atoms with Gasteiger partial charge >= 0.3 is 0 Å². The maximum absolute atomic E-state index is 12.9. The molecule has 5 nitrogen and oxygen atoms in total. The van der Waals surface area contributed by atoms with Crippen molar-refractivity contribution >= 4 is 33.2 Å². The number of carbonyl (C=O) groups excluding carboxylic acids is 2. The summed E-state index contributed by atoms with van der Waals surface area (Å²) in [5, 5.41) is 1.16. The fraction of sp³-hybridized carbons (Fsp3) is 0.474. The summed E-state index contributed by atoms with van der Waals surface area (Å²) in [6.45, 7) is 5.06. The van der Waals surface area contributed by atoms with Crippen LogP contribution in [0.25, 0.3) is 10.1 Å². The number of rotatable bonds is 2. The van der Waals surface area contributed by atoms with Crippen molar-refractivity contribution < 1.29 is 14.3 Å². The lowest BCUT2D eigenvalue weighted by Crippen LogP contribution is -2.52. The number of carbonyl (C=O) groups is 2. The smallest absolute Gasteiger partial charge is 0.264 e. The van der Waals surface area contributed by atoms with Crippen LogP contribution < -0.4 is 0 Å². The lowest BCUT2D eigenvalue weighted by atomic mass is 10.1. The van der Waals surface area contributed by atoms with Gasteiger partial charge in [0.05, 0.1) is 4.88 Å². The zero-order valence-corrected chi connectivity index (χ0v) is 15.2. The molecule has 4 rings (SSSR count). The van der Waals surface area contributed by atoms with Gasteiger partial charge < -0.3 is 14.5 Å². The van der Waals surface area contributed by atoms with Crippen LogP contribution in [0.2, 0.25) is 0 Å². The number of hydrogen-bond donors (Lipinski definition) is 0. The number of ether oxygens (including phenoxy) is 1. The molecule has 0 unspecified atom stereocenters. The third-order valence-corrected chi connectivity index (χ3v) is 6.38. The lowest BCUT2D eigenvalue weighted by Gasteiger charge is -2.35. The van der Waals surface area contributed by atoms with Crippen LogP contribution in [0, 0.1) is 6.92 Å². The van der Waals surface area contributed by atoms with Gasteiger partial charge in [0, 0.05) is 37.5 Å². The molecule has 25 heavy (non-hydrogen) atoms. The van der Waals surface area contributed by atoms with Crippen LogP contribution >= 0.6 is 11.3 Å². The van der Waals surface area contributed by atoms with E-state index in [0.29, 0.717) is 32.8 Å². The molecular weight excluding hydrogens is 336 g/mol. The normalized spacial score (nSPS) is 21.1. The van der Waals surface area contributed by atoms with Gasteiger partial charge in [-0.3, -0.25) is 9.59 Å². The zero-order valence-electron chi connectivity index (χ0n) is 14.4. The van der Waals surface area contributed by atoms with Crippen LogP contribution in [0.3, 0.4) is 0 Å². The van der Waals surface area contributed by atoms with Gasteiger partial charge in [-0.1, -0.05) is 18.2 Å². The molecule has 2 amide bonds. The first-order valence-corrected chi connectivity index (χ1v) is 9.64. The van der Waals surface area contributed by atoms with E-state index in [1.807, 2.05) is 28.9 Å². The lowest BCUT2D eigenvalue weighted by molar-refractivity contribution is -0.142. The standard InChI is InChI=1S/C19H22N2O3S/c1-13-14-5-2-3-7-16(14)25-17(13)19(23)21-10-8-20(9-11-21)18(22)15-6-4-12-24-15/h2-3,5,7,15H,4,6,8-12H2,1H3/t15-/m1/s1. The third-order valence-electron chi connectivity index (χ3n) is 5.12. The number of thiophene rings is 1. The first-order chi connectivity index (χ1) is 12.1. The van der Waals surface area contributed by atoms with Crippen LogP contribution in [0.15, 0.2) is 24.3 Å². The molecule has 6 heteroatoms. The third kappa shape index (κ3) is 3.04. The monoisotopic (exact) mass is 358 g/mol. The first-order valence-electron chi connectivity index (χ1n) is 8.83. The molecule has 2 aliphatic heterocycles. The molecule has 2 fully saturated rings. The highest BCUT2D eigenvalue weighted by atomic mass is 32.1. The molecule has 1 aromatic heterocycles. The van der Waals surface area contributed by atoms with Gasteiger partial charge in [0.25, 0.3) is 11.8 Å². The predicted molar refractivity (Wildman–Crippen MR) is 98.0 cm³/mol. The van der Waals surface area contributed by atoms with E-state index in [9.17, 15) is 9.59 Å². The maximum atomic E-state index is 12.9. The van der Waals surface area contributed by atoms with Gasteiger partial charge in [-0.2, -0.15) is 0 Å². The number of nitrogens with zero attached hydrogens (tertiary/aromatic N) is 2. The molecule has 132 valence electrons. The fourth-order valence-corrected chi connectivity index (χ4v) is 4.80.